The normalized spacial score (nSPS) is 12.8. The molecular weight excluding hydrogens is 270 g/mol. The molecule has 0 saturated heterocycles. The second-order valence-corrected chi connectivity index (χ2v) is 5.08. The number of nitrogens with zero attached hydrogens (tertiary/aromatic N) is 3. The van der Waals surface area contributed by atoms with Gasteiger partial charge in [-0.3, -0.25) is 4.90 Å². The lowest BCUT2D eigenvalue weighted by Crippen LogP contribution is -2.32. The topological polar surface area (TPSA) is 71.6 Å². The Morgan fingerprint density at radius 3 is 2.76 bits per heavy atom. The standard InChI is InChI=1S/C15H21N3O3/c1-12-16-15(17-21-12)9-18(2)8-14(19)11-20-10-13-6-4-3-5-7-13/h3-7,14,19H,8-11H2,1-2H3. The Hall–Kier alpha value is -1.76. The quantitative estimate of drug-likeness (QED) is 0.792. The van der Waals surface area contributed by atoms with Crippen LogP contribution in [0.3, 0.4) is 0 Å². The Morgan fingerprint density at radius 1 is 1.33 bits per heavy atom. The van der Waals surface area contributed by atoms with Crippen LogP contribution in [0, 0.1) is 6.92 Å². The summed E-state index contributed by atoms with van der Waals surface area (Å²) in [5.74, 6) is 1.16. The average molecular weight is 291 g/mol. The molecule has 0 radical (unpaired) electrons. The van der Waals surface area contributed by atoms with Crippen molar-refractivity contribution in [1.29, 1.82) is 0 Å². The number of ether oxygens (including phenoxy) is 1. The molecule has 0 aliphatic rings. The monoisotopic (exact) mass is 291 g/mol. The van der Waals surface area contributed by atoms with Crippen LogP contribution < -0.4 is 0 Å². The second kappa shape index (κ2) is 7.87. The predicted molar refractivity (Wildman–Crippen MR) is 77.5 cm³/mol. The highest BCUT2D eigenvalue weighted by Gasteiger charge is 2.11. The van der Waals surface area contributed by atoms with E-state index in [4.69, 9.17) is 9.26 Å². The van der Waals surface area contributed by atoms with E-state index in [0.717, 1.165) is 5.56 Å². The van der Waals surface area contributed by atoms with E-state index >= 15 is 0 Å². The molecule has 0 fully saturated rings. The number of hydrogen-bond donors (Lipinski definition) is 1. The lowest BCUT2D eigenvalue weighted by atomic mass is 10.2. The molecule has 0 spiro atoms. The number of aliphatic hydroxyl groups is 1. The maximum atomic E-state index is 9.95. The maximum Gasteiger partial charge on any atom is 0.223 e. The largest absolute Gasteiger partial charge is 0.389 e. The van der Waals surface area contributed by atoms with Crippen LogP contribution in [-0.4, -0.2) is 46.5 Å². The highest BCUT2D eigenvalue weighted by molar-refractivity contribution is 5.13. The molecule has 1 aromatic carbocycles. The van der Waals surface area contributed by atoms with Crippen LogP contribution in [0.15, 0.2) is 34.9 Å². The summed E-state index contributed by atoms with van der Waals surface area (Å²) in [6, 6.07) is 9.90. The van der Waals surface area contributed by atoms with Gasteiger partial charge in [0.15, 0.2) is 5.82 Å². The Bertz CT molecular complexity index is 530. The van der Waals surface area contributed by atoms with Crippen molar-refractivity contribution in [3.05, 3.63) is 47.6 Å². The fourth-order valence-electron chi connectivity index (χ4n) is 2.01. The maximum absolute atomic E-state index is 9.95. The van der Waals surface area contributed by atoms with Gasteiger partial charge in [0.25, 0.3) is 0 Å². The first-order valence-corrected chi connectivity index (χ1v) is 6.91. The van der Waals surface area contributed by atoms with E-state index in [1.807, 2.05) is 42.3 Å². The molecule has 2 rings (SSSR count). The van der Waals surface area contributed by atoms with Crippen molar-refractivity contribution in [2.24, 2.45) is 0 Å². The van der Waals surface area contributed by atoms with Crippen LogP contribution >= 0.6 is 0 Å². The van der Waals surface area contributed by atoms with Crippen molar-refractivity contribution in [3.8, 4) is 0 Å². The zero-order valence-electron chi connectivity index (χ0n) is 12.4. The van der Waals surface area contributed by atoms with E-state index < -0.39 is 6.10 Å². The summed E-state index contributed by atoms with van der Waals surface area (Å²) in [4.78, 5) is 6.06. The van der Waals surface area contributed by atoms with Crippen LogP contribution in [0.25, 0.3) is 0 Å². The summed E-state index contributed by atoms with van der Waals surface area (Å²) in [6.45, 7) is 3.58. The molecule has 0 saturated carbocycles. The number of aryl methyl sites for hydroxylation is 1. The third-order valence-corrected chi connectivity index (χ3v) is 2.93. The summed E-state index contributed by atoms with van der Waals surface area (Å²) < 4.78 is 10.4. The number of rotatable bonds is 8. The van der Waals surface area contributed by atoms with E-state index in [0.29, 0.717) is 38.0 Å². The van der Waals surface area contributed by atoms with Crippen molar-refractivity contribution in [1.82, 2.24) is 15.0 Å². The van der Waals surface area contributed by atoms with Crippen molar-refractivity contribution >= 4 is 0 Å². The molecule has 0 aliphatic carbocycles. The molecule has 2 aromatic rings. The minimum Gasteiger partial charge on any atom is -0.389 e. The average Bonchev–Trinajstić information content (AvgIpc) is 2.85. The van der Waals surface area contributed by atoms with Gasteiger partial charge in [-0.25, -0.2) is 0 Å². The predicted octanol–water partition coefficient (Wildman–Crippen LogP) is 1.39. The summed E-state index contributed by atoms with van der Waals surface area (Å²) in [5.41, 5.74) is 1.10. The van der Waals surface area contributed by atoms with Crippen molar-refractivity contribution < 1.29 is 14.4 Å². The van der Waals surface area contributed by atoms with Crippen LogP contribution in [0.5, 0.6) is 0 Å². The number of likely N-dealkylation sites (N-methyl/N-ethyl adjacent to an activating group) is 1. The van der Waals surface area contributed by atoms with E-state index in [2.05, 4.69) is 10.1 Å². The van der Waals surface area contributed by atoms with Gasteiger partial charge in [-0.2, -0.15) is 4.98 Å². The Morgan fingerprint density at radius 2 is 2.10 bits per heavy atom. The van der Waals surface area contributed by atoms with Crippen molar-refractivity contribution in [2.75, 3.05) is 20.2 Å². The van der Waals surface area contributed by atoms with Crippen LogP contribution in [0.1, 0.15) is 17.3 Å². The SMILES string of the molecule is Cc1nc(CN(C)CC(O)COCc2ccccc2)no1. The van der Waals surface area contributed by atoms with E-state index in [1.54, 1.807) is 6.92 Å². The van der Waals surface area contributed by atoms with Crippen LogP contribution in [0.2, 0.25) is 0 Å². The summed E-state index contributed by atoms with van der Waals surface area (Å²) in [6.07, 6.45) is -0.549. The Labute approximate surface area is 124 Å². The smallest absolute Gasteiger partial charge is 0.223 e. The number of aliphatic hydroxyl groups excluding tert-OH is 1. The molecule has 114 valence electrons. The lowest BCUT2D eigenvalue weighted by molar-refractivity contribution is 0.0123. The molecule has 1 N–H and O–H groups in total. The minimum absolute atomic E-state index is 0.296. The lowest BCUT2D eigenvalue weighted by Gasteiger charge is -2.19. The van der Waals surface area contributed by atoms with Crippen LogP contribution in [-0.2, 0) is 17.9 Å². The molecule has 21 heavy (non-hydrogen) atoms. The fourth-order valence-corrected chi connectivity index (χ4v) is 2.01. The van der Waals surface area contributed by atoms with Gasteiger partial charge in [0.2, 0.25) is 5.89 Å². The third kappa shape index (κ3) is 5.63. The zero-order valence-corrected chi connectivity index (χ0v) is 12.4. The Kier molecular flexibility index (Phi) is 5.86. The summed E-state index contributed by atoms with van der Waals surface area (Å²) in [7, 11) is 1.89. The van der Waals surface area contributed by atoms with Gasteiger partial charge in [0.1, 0.15) is 0 Å². The highest BCUT2D eigenvalue weighted by atomic mass is 16.5. The number of benzene rings is 1. The second-order valence-electron chi connectivity index (χ2n) is 5.08. The molecule has 0 amide bonds. The van der Waals surface area contributed by atoms with Crippen LogP contribution in [0.4, 0.5) is 0 Å². The molecule has 1 heterocycles. The first-order chi connectivity index (χ1) is 10.1. The highest BCUT2D eigenvalue weighted by Crippen LogP contribution is 2.03. The third-order valence-electron chi connectivity index (χ3n) is 2.93. The summed E-state index contributed by atoms with van der Waals surface area (Å²) in [5, 5.41) is 13.8. The van der Waals surface area contributed by atoms with Gasteiger partial charge in [0, 0.05) is 13.5 Å². The molecule has 6 nitrogen and oxygen atoms in total. The fraction of sp³-hybridized carbons (Fsp3) is 0.467. The van der Waals surface area contributed by atoms with Gasteiger partial charge in [0.05, 0.1) is 25.9 Å². The molecule has 1 atom stereocenters. The van der Waals surface area contributed by atoms with Crippen molar-refractivity contribution in [2.45, 2.75) is 26.2 Å². The molecule has 1 unspecified atom stereocenters. The van der Waals surface area contributed by atoms with Gasteiger partial charge < -0.3 is 14.4 Å². The van der Waals surface area contributed by atoms with Crippen molar-refractivity contribution in [3.63, 3.8) is 0 Å². The number of aromatic nitrogens is 2. The van der Waals surface area contributed by atoms with Gasteiger partial charge in [-0.15, -0.1) is 0 Å². The zero-order chi connectivity index (χ0) is 15.1. The van der Waals surface area contributed by atoms with Gasteiger partial charge >= 0.3 is 0 Å². The molecule has 0 aliphatic heterocycles. The Balaban J connectivity index is 1.65. The van der Waals surface area contributed by atoms with Gasteiger partial charge in [-0.1, -0.05) is 35.5 Å². The first kappa shape index (κ1) is 15.6. The molecule has 1 aromatic heterocycles. The first-order valence-electron chi connectivity index (χ1n) is 6.91. The van der Waals surface area contributed by atoms with E-state index in [1.165, 1.54) is 0 Å². The molecule has 0 bridgehead atoms. The number of hydrogen-bond acceptors (Lipinski definition) is 6. The van der Waals surface area contributed by atoms with Gasteiger partial charge in [-0.05, 0) is 12.6 Å². The minimum atomic E-state index is -0.549. The van der Waals surface area contributed by atoms with E-state index in [9.17, 15) is 5.11 Å². The molecule has 6 heteroatoms. The molecular formula is C15H21N3O3. The van der Waals surface area contributed by atoms with E-state index in [-0.39, 0.29) is 0 Å². The summed E-state index contributed by atoms with van der Waals surface area (Å²) >= 11 is 0.